The van der Waals surface area contributed by atoms with E-state index in [1.807, 2.05) is 141 Å². The third-order valence-corrected chi connectivity index (χ3v) is 10.1. The molecular weight excluding hydrogens is 785 g/mol. The van der Waals surface area contributed by atoms with Crippen molar-refractivity contribution in [3.8, 4) is 0 Å². The molecule has 0 bridgehead atoms. The fourth-order valence-corrected chi connectivity index (χ4v) is 8.14. The molecule has 0 fully saturated rings. The molecule has 4 N–H and O–H groups in total. The van der Waals surface area contributed by atoms with Gasteiger partial charge in [-0.15, -0.1) is 22.7 Å². The van der Waals surface area contributed by atoms with Crippen molar-refractivity contribution in [1.29, 1.82) is 0 Å². The Morgan fingerprint density at radius 1 is 0.712 bits per heavy atom. The summed E-state index contributed by atoms with van der Waals surface area (Å²) in [6, 6.07) is 15.1. The van der Waals surface area contributed by atoms with Gasteiger partial charge in [0.1, 0.15) is 22.6 Å². The van der Waals surface area contributed by atoms with Crippen LogP contribution in [0.4, 0.5) is 10.3 Å². The maximum Gasteiger partial charge on any atom is 0.352 e. The molecule has 6 aromatic heterocycles. The molecule has 0 saturated carbocycles. The number of hydrogen-bond donors (Lipinski definition) is 3. The number of rotatable bonds is 13. The third kappa shape index (κ3) is 13.9. The number of nitrogens with one attached hydrogen (secondary N) is 1. The largest absolute Gasteiger partial charge is 0.477 e. The van der Waals surface area contributed by atoms with E-state index < -0.39 is 11.6 Å². The highest BCUT2D eigenvalue weighted by Gasteiger charge is 2.27. The van der Waals surface area contributed by atoms with E-state index in [0.29, 0.717) is 34.7 Å². The van der Waals surface area contributed by atoms with Crippen molar-refractivity contribution >= 4 is 44.8 Å². The molecule has 0 aliphatic carbocycles. The number of aryl methyl sites for hydroxylation is 4. The van der Waals surface area contributed by atoms with Crippen molar-refractivity contribution in [2.45, 2.75) is 120 Å². The number of carbonyl (C=O) groups excluding carboxylic acids is 1. The number of hydrogen-bond acceptors (Lipinski definition) is 11. The number of anilines is 2. The predicted molar refractivity (Wildman–Crippen MR) is 237 cm³/mol. The second-order valence-corrected chi connectivity index (χ2v) is 17.5. The summed E-state index contributed by atoms with van der Waals surface area (Å²) < 4.78 is 15.3. The van der Waals surface area contributed by atoms with Crippen LogP contribution in [0.2, 0.25) is 0 Å². The number of thiazole rings is 2. The zero-order valence-corrected chi connectivity index (χ0v) is 37.8. The molecule has 0 unspecified atom stereocenters. The van der Waals surface area contributed by atoms with Gasteiger partial charge in [-0.1, -0.05) is 0 Å². The summed E-state index contributed by atoms with van der Waals surface area (Å²) in [5.41, 5.74) is 13.3. The van der Waals surface area contributed by atoms with Crippen LogP contribution in [0.25, 0.3) is 0 Å². The predicted octanol–water partition coefficient (Wildman–Crippen LogP) is 9.55. The monoisotopic (exact) mass is 842 g/mol. The lowest BCUT2D eigenvalue weighted by atomic mass is 10.1. The number of ether oxygens (including phenoxy) is 2. The van der Waals surface area contributed by atoms with Gasteiger partial charge in [0.15, 0.2) is 10.3 Å². The zero-order chi connectivity index (χ0) is 43.7. The van der Waals surface area contributed by atoms with Crippen LogP contribution in [0.1, 0.15) is 122 Å². The van der Waals surface area contributed by atoms with Crippen LogP contribution in [-0.4, -0.2) is 58.3 Å². The van der Waals surface area contributed by atoms with Crippen molar-refractivity contribution < 1.29 is 24.2 Å². The Balaban J connectivity index is 0.000000216. The SMILES string of the molecule is CC(C)OC(C)(C)c1csc(N)n1.Cc1cc(Cn2cccc2C(=O)Nc2nc(C(C)(C)OC(C)C)cs2)cc(C)n1.Cc1cc(Cn2cccc2C(=O)O)cc(C)n1. The summed E-state index contributed by atoms with van der Waals surface area (Å²) >= 11 is 2.85. The summed E-state index contributed by atoms with van der Waals surface area (Å²) in [7, 11) is 0. The van der Waals surface area contributed by atoms with Crippen molar-refractivity contribution in [1.82, 2.24) is 29.1 Å². The summed E-state index contributed by atoms with van der Waals surface area (Å²) in [4.78, 5) is 41.3. The molecule has 59 heavy (non-hydrogen) atoms. The molecule has 316 valence electrons. The summed E-state index contributed by atoms with van der Waals surface area (Å²) in [6.45, 7) is 25.0. The number of aromatic nitrogens is 6. The average Bonchev–Trinajstić information content (AvgIpc) is 3.92. The van der Waals surface area contributed by atoms with E-state index in [9.17, 15) is 9.59 Å². The van der Waals surface area contributed by atoms with Gasteiger partial charge in [0.05, 0.1) is 23.6 Å². The zero-order valence-electron chi connectivity index (χ0n) is 36.2. The van der Waals surface area contributed by atoms with Crippen LogP contribution >= 0.6 is 22.7 Å². The molecule has 6 heterocycles. The van der Waals surface area contributed by atoms with Gasteiger partial charge >= 0.3 is 5.97 Å². The number of carbonyl (C=O) groups is 2. The fraction of sp³-hybridized carbons (Fsp3) is 0.409. The molecule has 6 rings (SSSR count). The minimum Gasteiger partial charge on any atom is -0.477 e. The number of pyridine rings is 2. The molecule has 0 aliphatic heterocycles. The lowest BCUT2D eigenvalue weighted by Crippen LogP contribution is -2.26. The first-order valence-corrected chi connectivity index (χ1v) is 21.1. The third-order valence-electron chi connectivity index (χ3n) is 8.64. The first-order chi connectivity index (χ1) is 27.6. The molecule has 0 radical (unpaired) electrons. The van der Waals surface area contributed by atoms with E-state index >= 15 is 0 Å². The topological polar surface area (TPSA) is 172 Å². The van der Waals surface area contributed by atoms with E-state index in [-0.39, 0.29) is 23.7 Å². The number of nitrogens with two attached hydrogens (primary N) is 1. The summed E-state index contributed by atoms with van der Waals surface area (Å²) in [5.74, 6) is -1.08. The number of aromatic carboxylic acids is 1. The lowest BCUT2D eigenvalue weighted by molar-refractivity contribution is -0.0626. The van der Waals surface area contributed by atoms with Crippen molar-refractivity contribution in [2.24, 2.45) is 0 Å². The quantitative estimate of drug-likeness (QED) is 0.102. The van der Waals surface area contributed by atoms with Gasteiger partial charge in [0.25, 0.3) is 5.91 Å². The van der Waals surface area contributed by atoms with Crippen LogP contribution in [0.3, 0.4) is 0 Å². The molecule has 13 nitrogen and oxygen atoms in total. The van der Waals surface area contributed by atoms with Gasteiger partial charge < -0.3 is 29.4 Å². The highest BCUT2D eigenvalue weighted by Crippen LogP contribution is 2.30. The molecule has 0 saturated heterocycles. The Labute approximate surface area is 355 Å². The van der Waals surface area contributed by atoms with E-state index in [1.54, 1.807) is 22.9 Å². The Morgan fingerprint density at radius 3 is 1.56 bits per heavy atom. The van der Waals surface area contributed by atoms with E-state index in [0.717, 1.165) is 45.3 Å². The van der Waals surface area contributed by atoms with Gasteiger partial charge in [0, 0.05) is 59.0 Å². The molecule has 0 atom stereocenters. The summed E-state index contributed by atoms with van der Waals surface area (Å²) in [5, 5.41) is 17.0. The van der Waals surface area contributed by atoms with E-state index in [1.165, 1.54) is 22.7 Å². The molecule has 0 aliphatic rings. The van der Waals surface area contributed by atoms with E-state index in [2.05, 4.69) is 25.3 Å². The van der Waals surface area contributed by atoms with Gasteiger partial charge in [-0.3, -0.25) is 20.1 Å². The molecule has 0 aromatic carbocycles. The van der Waals surface area contributed by atoms with E-state index in [4.69, 9.17) is 20.3 Å². The molecular formula is C44H58N8O5S2. The van der Waals surface area contributed by atoms with Gasteiger partial charge in [0.2, 0.25) is 0 Å². The number of nitrogens with zero attached hydrogens (tertiary/aromatic N) is 6. The average molecular weight is 843 g/mol. The first-order valence-electron chi connectivity index (χ1n) is 19.4. The maximum absolute atomic E-state index is 12.8. The standard InChI is InChI=1S/C22H28N4O2S.C13H14N2O2.C9H16N2OS/c1-14(2)28-22(5,6)19-13-29-21(24-19)25-20(27)18-8-7-9-26(18)12-17-10-15(3)23-16(4)11-17;1-9-6-11(7-10(2)14-9)8-15-5-3-4-12(15)13(16)17;1-6(2)12-9(3,4)7-5-13-8(10)11-7/h7-11,13-14H,12H2,1-6H3,(H,24,25,27);3-7H,8H2,1-2H3,(H,16,17);5-6H,1-4H3,(H2,10,11). The first kappa shape index (κ1) is 46.5. The Hall–Kier alpha value is -5.22. The lowest BCUT2D eigenvalue weighted by Gasteiger charge is -2.25. The number of carboxylic acid groups (broad SMARTS) is 1. The highest BCUT2D eigenvalue weighted by molar-refractivity contribution is 7.14. The smallest absolute Gasteiger partial charge is 0.352 e. The Morgan fingerprint density at radius 2 is 1.14 bits per heavy atom. The number of carboxylic acids is 1. The van der Waals surface area contributed by atoms with Crippen molar-refractivity contribution in [3.63, 3.8) is 0 Å². The van der Waals surface area contributed by atoms with Crippen LogP contribution < -0.4 is 11.1 Å². The molecule has 0 spiro atoms. The van der Waals surface area contributed by atoms with Crippen LogP contribution in [-0.2, 0) is 33.8 Å². The minimum absolute atomic E-state index is 0.0912. The highest BCUT2D eigenvalue weighted by atomic mass is 32.1. The van der Waals surface area contributed by atoms with Crippen LogP contribution in [0.15, 0.2) is 71.7 Å². The molecule has 1 amide bonds. The maximum atomic E-state index is 12.8. The second-order valence-electron chi connectivity index (χ2n) is 15.8. The number of amides is 1. The molecule has 15 heteroatoms. The molecule has 6 aromatic rings. The van der Waals surface area contributed by atoms with Crippen LogP contribution in [0.5, 0.6) is 0 Å². The summed E-state index contributed by atoms with van der Waals surface area (Å²) in [6.07, 6.45) is 3.97. The van der Waals surface area contributed by atoms with Crippen molar-refractivity contribution in [3.05, 3.63) is 128 Å². The Kier molecular flexibility index (Phi) is 15.9. The minimum atomic E-state index is -0.905. The normalized spacial score (nSPS) is 11.6. The van der Waals surface area contributed by atoms with Gasteiger partial charge in [-0.2, -0.15) is 0 Å². The number of nitrogen functional groups attached to an aromatic ring is 1. The van der Waals surface area contributed by atoms with Gasteiger partial charge in [-0.25, -0.2) is 14.8 Å². The Bertz CT molecular complexity index is 2280. The van der Waals surface area contributed by atoms with Gasteiger partial charge in [-0.05, 0) is 143 Å². The van der Waals surface area contributed by atoms with Crippen molar-refractivity contribution in [2.75, 3.05) is 11.1 Å². The van der Waals surface area contributed by atoms with Crippen LogP contribution in [0, 0.1) is 27.7 Å². The fourth-order valence-electron chi connectivity index (χ4n) is 6.55. The second kappa shape index (κ2) is 20.2.